The molecule has 0 saturated heterocycles. The molecule has 0 amide bonds. The first-order chi connectivity index (χ1) is 10.1. The standard InChI is InChI=1S/C8H11N.2C6H7.Fe/c1-9(2)8-6-4-3-5-7-8;2*1-6-4-2-3-5-6;/h3-7H,1-2H3;2*2-5H,1H3;/q;-5;-1;. The van der Waals surface area contributed by atoms with Crippen molar-refractivity contribution in [3.05, 3.63) is 90.0 Å². The number of aryl methyl sites for hydroxylation is 2. The number of para-hydroxylation sites is 1. The molecule has 3 aromatic rings. The second-order valence-electron chi connectivity index (χ2n) is 5.15. The van der Waals surface area contributed by atoms with Crippen molar-refractivity contribution in [3.63, 3.8) is 0 Å². The molecular weight excluding hydrogens is 310 g/mol. The molecule has 0 aromatic heterocycles. The summed E-state index contributed by atoms with van der Waals surface area (Å²) in [5, 5.41) is 0. The van der Waals surface area contributed by atoms with Gasteiger partial charge in [0.2, 0.25) is 0 Å². The van der Waals surface area contributed by atoms with Crippen LogP contribution < -0.4 is 4.90 Å². The van der Waals surface area contributed by atoms with Gasteiger partial charge in [-0.1, -0.05) is 25.1 Å². The van der Waals surface area contributed by atoms with E-state index in [1.807, 2.05) is 56.6 Å². The number of hydrogen-bond acceptors (Lipinski definition) is 1. The van der Waals surface area contributed by atoms with Crippen LogP contribution in [0.1, 0.15) is 11.1 Å². The predicted octanol–water partition coefficient (Wildman–Crippen LogP) is 5.18. The summed E-state index contributed by atoms with van der Waals surface area (Å²) in [6.45, 7) is 4.17. The van der Waals surface area contributed by atoms with Gasteiger partial charge >= 0.3 is 0 Å². The van der Waals surface area contributed by atoms with Gasteiger partial charge in [-0.3, -0.25) is 0 Å². The van der Waals surface area contributed by atoms with Crippen LogP contribution in [0.4, 0.5) is 5.69 Å². The number of hydrogen-bond donors (Lipinski definition) is 0. The van der Waals surface area contributed by atoms with E-state index in [1.54, 1.807) is 0 Å². The van der Waals surface area contributed by atoms with Crippen LogP contribution in [-0.4, -0.2) is 14.1 Å². The Hall–Kier alpha value is -1.76. The minimum atomic E-state index is 0. The zero-order chi connectivity index (χ0) is 15.5. The van der Waals surface area contributed by atoms with Crippen molar-refractivity contribution in [3.8, 4) is 0 Å². The summed E-state index contributed by atoms with van der Waals surface area (Å²) < 4.78 is 0. The van der Waals surface area contributed by atoms with Crippen molar-refractivity contribution < 1.29 is 17.1 Å². The van der Waals surface area contributed by atoms with E-state index in [0.29, 0.717) is 0 Å². The molecule has 3 rings (SSSR count). The number of benzene rings is 1. The molecule has 0 saturated carbocycles. The van der Waals surface area contributed by atoms with E-state index in [-0.39, 0.29) is 17.1 Å². The van der Waals surface area contributed by atoms with Gasteiger partial charge in [0.1, 0.15) is 0 Å². The van der Waals surface area contributed by atoms with Gasteiger partial charge in [0.15, 0.2) is 0 Å². The van der Waals surface area contributed by atoms with E-state index in [2.05, 4.69) is 55.1 Å². The zero-order valence-corrected chi connectivity index (χ0v) is 14.9. The molecule has 1 nitrogen and oxygen atoms in total. The van der Waals surface area contributed by atoms with Gasteiger partial charge < -0.3 is 34.7 Å². The summed E-state index contributed by atoms with van der Waals surface area (Å²) in [5.41, 5.74) is 3.93. The van der Waals surface area contributed by atoms with Crippen LogP contribution in [0.2, 0.25) is 0 Å². The molecule has 0 fully saturated rings. The molecule has 0 heterocycles. The smallest absolute Gasteiger partial charge is 0.0360 e. The first-order valence-corrected chi connectivity index (χ1v) is 7.18. The molecule has 0 aliphatic rings. The van der Waals surface area contributed by atoms with Crippen LogP contribution in [0.15, 0.2) is 78.9 Å². The minimum Gasteiger partial charge on any atom is -0.748 e. The third-order valence-corrected chi connectivity index (χ3v) is 2.93. The van der Waals surface area contributed by atoms with Gasteiger partial charge in [-0.2, -0.15) is 17.7 Å². The Morgan fingerprint density at radius 1 is 0.818 bits per heavy atom. The summed E-state index contributed by atoms with van der Waals surface area (Å²) in [6, 6.07) is 26.7. The second-order valence-corrected chi connectivity index (χ2v) is 5.15. The van der Waals surface area contributed by atoms with Crippen LogP contribution in [0, 0.1) is 13.8 Å². The van der Waals surface area contributed by atoms with E-state index < -0.39 is 0 Å². The molecule has 0 unspecified atom stereocenters. The average Bonchev–Trinajstić information content (AvgIpc) is 3.15. The molecule has 124 valence electrons. The maximum absolute atomic E-state index is 2.08. The quantitative estimate of drug-likeness (QED) is 0.438. The van der Waals surface area contributed by atoms with E-state index in [4.69, 9.17) is 0 Å². The molecule has 0 N–H and O–H groups in total. The predicted molar refractivity (Wildman–Crippen MR) is 94.3 cm³/mol. The molecule has 0 spiro atoms. The SMILES string of the molecule is CN(C)c1ccccc1.C[c-]1[cH-][cH-][cH-][cH-]1.C[c-]1cccc1.[Fe]. The van der Waals surface area contributed by atoms with E-state index in [0.717, 1.165) is 0 Å². The topological polar surface area (TPSA) is 3.24 Å². The Labute approximate surface area is 145 Å². The van der Waals surface area contributed by atoms with E-state index in [9.17, 15) is 0 Å². The van der Waals surface area contributed by atoms with E-state index in [1.165, 1.54) is 16.8 Å². The number of rotatable bonds is 1. The summed E-state index contributed by atoms with van der Waals surface area (Å²) in [6.07, 6.45) is 0. The number of anilines is 1. The zero-order valence-electron chi connectivity index (χ0n) is 13.8. The van der Waals surface area contributed by atoms with Crippen LogP contribution >= 0.6 is 0 Å². The third-order valence-electron chi connectivity index (χ3n) is 2.93. The molecule has 22 heavy (non-hydrogen) atoms. The van der Waals surface area contributed by atoms with Gasteiger partial charge in [-0.15, -0.1) is 0 Å². The first kappa shape index (κ1) is 20.2. The molecule has 3 aromatic carbocycles. The van der Waals surface area contributed by atoms with Crippen LogP contribution in [0.25, 0.3) is 0 Å². The Bertz CT molecular complexity index is 519. The van der Waals surface area contributed by atoms with Gasteiger partial charge in [0.05, 0.1) is 0 Å². The Morgan fingerprint density at radius 2 is 1.32 bits per heavy atom. The maximum Gasteiger partial charge on any atom is 0.0360 e. The Kier molecular flexibility index (Phi) is 10.9. The summed E-state index contributed by atoms with van der Waals surface area (Å²) >= 11 is 0. The van der Waals surface area contributed by atoms with Crippen molar-refractivity contribution in [2.75, 3.05) is 19.0 Å². The molecule has 2 heteroatoms. The van der Waals surface area contributed by atoms with Crippen LogP contribution in [0.5, 0.6) is 0 Å². The third kappa shape index (κ3) is 9.23. The molecule has 0 aliphatic heterocycles. The summed E-state index contributed by atoms with van der Waals surface area (Å²) in [4.78, 5) is 2.08. The van der Waals surface area contributed by atoms with Crippen LogP contribution in [0.3, 0.4) is 0 Å². The Morgan fingerprint density at radius 3 is 1.55 bits per heavy atom. The van der Waals surface area contributed by atoms with Gasteiger partial charge in [-0.25, -0.2) is 19.1 Å². The molecule has 0 radical (unpaired) electrons. The normalized spacial score (nSPS) is 8.55. The van der Waals surface area contributed by atoms with Crippen molar-refractivity contribution in [1.82, 2.24) is 0 Å². The van der Waals surface area contributed by atoms with Crippen molar-refractivity contribution in [2.45, 2.75) is 13.8 Å². The van der Waals surface area contributed by atoms with Crippen molar-refractivity contribution in [1.29, 1.82) is 0 Å². The Balaban J connectivity index is 0.000000303. The maximum atomic E-state index is 2.08. The first-order valence-electron chi connectivity index (χ1n) is 7.18. The molecule has 0 aliphatic carbocycles. The van der Waals surface area contributed by atoms with Crippen LogP contribution in [-0.2, 0) is 17.1 Å². The molecular formula is C20H25FeN-6. The van der Waals surface area contributed by atoms with E-state index >= 15 is 0 Å². The number of nitrogens with zero attached hydrogens (tertiary/aromatic N) is 1. The second kappa shape index (κ2) is 11.9. The van der Waals surface area contributed by atoms with Crippen molar-refractivity contribution in [2.24, 2.45) is 0 Å². The summed E-state index contributed by atoms with van der Waals surface area (Å²) in [5.74, 6) is 0. The fraction of sp³-hybridized carbons (Fsp3) is 0.200. The largest absolute Gasteiger partial charge is 0.748 e. The molecule has 0 bridgehead atoms. The minimum absolute atomic E-state index is 0. The summed E-state index contributed by atoms with van der Waals surface area (Å²) in [7, 11) is 4.07. The fourth-order valence-corrected chi connectivity index (χ4v) is 1.67. The fourth-order valence-electron chi connectivity index (χ4n) is 1.67. The monoisotopic (exact) mass is 335 g/mol. The molecule has 0 atom stereocenters. The van der Waals surface area contributed by atoms with Crippen molar-refractivity contribution >= 4 is 5.69 Å². The van der Waals surface area contributed by atoms with Gasteiger partial charge in [-0.05, 0) is 12.1 Å². The van der Waals surface area contributed by atoms with Gasteiger partial charge in [0.25, 0.3) is 0 Å². The average molecular weight is 335 g/mol. The van der Waals surface area contributed by atoms with Gasteiger partial charge in [0, 0.05) is 36.9 Å².